The smallest absolute Gasteiger partial charge is 0.294 e. The average Bonchev–Trinajstić information content (AvgIpc) is 3.05. The standard InChI is InChI=1S/C28H22N2O3S/c1-17-11-18(2)13-21(12-17)29-26(31)16-30-27(32)25(34-28(30)33)15-24-22-9-5-3-7-19(22)14-20-8-4-6-10-23(20)24/h3-15H,16H2,1-2H3,(H,29,31)/b25-15+. The van der Waals surface area contributed by atoms with Crippen molar-refractivity contribution >= 4 is 62.1 Å². The van der Waals surface area contributed by atoms with Crippen molar-refractivity contribution in [1.82, 2.24) is 4.90 Å². The number of nitrogens with zero attached hydrogens (tertiary/aromatic N) is 1. The van der Waals surface area contributed by atoms with Gasteiger partial charge >= 0.3 is 0 Å². The Labute approximate surface area is 201 Å². The van der Waals surface area contributed by atoms with Gasteiger partial charge in [0.25, 0.3) is 11.1 Å². The molecule has 0 radical (unpaired) electrons. The first-order valence-corrected chi connectivity index (χ1v) is 11.7. The highest BCUT2D eigenvalue weighted by molar-refractivity contribution is 8.18. The van der Waals surface area contributed by atoms with Crippen LogP contribution in [-0.2, 0) is 9.59 Å². The summed E-state index contributed by atoms with van der Waals surface area (Å²) in [5.74, 6) is -0.869. The zero-order chi connectivity index (χ0) is 23.8. The molecule has 0 bridgehead atoms. The Bertz CT molecular complexity index is 1450. The molecule has 1 heterocycles. The second-order valence-corrected chi connectivity index (χ2v) is 9.42. The SMILES string of the molecule is Cc1cc(C)cc(NC(=O)CN2C(=O)S/C(=C/c3c4ccccc4cc4ccccc34)C2=O)c1. The van der Waals surface area contributed by atoms with Crippen molar-refractivity contribution in [3.05, 3.63) is 94.4 Å². The molecular weight excluding hydrogens is 444 g/mol. The van der Waals surface area contributed by atoms with E-state index in [9.17, 15) is 14.4 Å². The van der Waals surface area contributed by atoms with E-state index in [1.807, 2.05) is 80.6 Å². The highest BCUT2D eigenvalue weighted by atomic mass is 32.2. The van der Waals surface area contributed by atoms with Crippen LogP contribution in [0, 0.1) is 13.8 Å². The fraction of sp³-hybridized carbons (Fsp3) is 0.107. The van der Waals surface area contributed by atoms with E-state index >= 15 is 0 Å². The van der Waals surface area contributed by atoms with Crippen molar-refractivity contribution in [2.24, 2.45) is 0 Å². The summed E-state index contributed by atoms with van der Waals surface area (Å²) in [7, 11) is 0. The number of thioether (sulfide) groups is 1. The lowest BCUT2D eigenvalue weighted by Crippen LogP contribution is -2.36. The van der Waals surface area contributed by atoms with Crippen molar-refractivity contribution < 1.29 is 14.4 Å². The quantitative estimate of drug-likeness (QED) is 0.284. The Hall–Kier alpha value is -3.90. The van der Waals surface area contributed by atoms with Crippen molar-refractivity contribution in [2.75, 3.05) is 11.9 Å². The van der Waals surface area contributed by atoms with E-state index < -0.39 is 17.1 Å². The highest BCUT2D eigenvalue weighted by Gasteiger charge is 2.36. The van der Waals surface area contributed by atoms with Crippen molar-refractivity contribution in [1.29, 1.82) is 0 Å². The molecule has 5 rings (SSSR count). The molecule has 3 amide bonds. The molecule has 168 valence electrons. The van der Waals surface area contributed by atoms with Gasteiger partial charge in [-0.05, 0) is 88.1 Å². The predicted molar refractivity (Wildman–Crippen MR) is 139 cm³/mol. The summed E-state index contributed by atoms with van der Waals surface area (Å²) >= 11 is 0.865. The van der Waals surface area contributed by atoms with Gasteiger partial charge in [0.05, 0.1) is 4.91 Å². The number of fused-ring (bicyclic) bond motifs is 2. The van der Waals surface area contributed by atoms with Gasteiger partial charge in [0.1, 0.15) is 6.54 Å². The molecule has 0 unspecified atom stereocenters. The number of carbonyl (C=O) groups excluding carboxylic acids is 3. The van der Waals surface area contributed by atoms with Crippen molar-refractivity contribution in [3.63, 3.8) is 0 Å². The Morgan fingerprint density at radius 3 is 2.09 bits per heavy atom. The van der Waals surface area contributed by atoms with Crippen molar-refractivity contribution in [3.8, 4) is 0 Å². The second kappa shape index (κ2) is 8.80. The molecule has 5 nitrogen and oxygen atoms in total. The summed E-state index contributed by atoms with van der Waals surface area (Å²) < 4.78 is 0. The predicted octanol–water partition coefficient (Wildman–Crippen LogP) is 6.28. The molecule has 0 spiro atoms. The van der Waals surface area contributed by atoms with Crippen LogP contribution in [0.3, 0.4) is 0 Å². The monoisotopic (exact) mass is 466 g/mol. The molecule has 1 saturated heterocycles. The lowest BCUT2D eigenvalue weighted by Gasteiger charge is -2.13. The van der Waals surface area contributed by atoms with Gasteiger partial charge in [-0.25, -0.2) is 0 Å². The van der Waals surface area contributed by atoms with E-state index in [-0.39, 0.29) is 6.54 Å². The first-order chi connectivity index (χ1) is 16.4. The lowest BCUT2D eigenvalue weighted by molar-refractivity contribution is -0.127. The number of imide groups is 1. The number of hydrogen-bond acceptors (Lipinski definition) is 4. The van der Waals surface area contributed by atoms with Crippen LogP contribution >= 0.6 is 11.8 Å². The number of nitrogens with one attached hydrogen (secondary N) is 1. The van der Waals surface area contributed by atoms with Crippen LogP contribution in [0.15, 0.2) is 77.7 Å². The molecule has 1 fully saturated rings. The zero-order valence-corrected chi connectivity index (χ0v) is 19.6. The minimum Gasteiger partial charge on any atom is -0.325 e. The zero-order valence-electron chi connectivity index (χ0n) is 18.8. The number of carbonyl (C=O) groups is 3. The number of amides is 3. The number of hydrogen-bond donors (Lipinski definition) is 1. The van der Waals surface area contributed by atoms with Gasteiger partial charge in [-0.15, -0.1) is 0 Å². The second-order valence-electron chi connectivity index (χ2n) is 8.42. The van der Waals surface area contributed by atoms with Crippen LogP contribution in [-0.4, -0.2) is 28.5 Å². The van der Waals surface area contributed by atoms with E-state index in [1.54, 1.807) is 6.08 Å². The van der Waals surface area contributed by atoms with Crippen LogP contribution in [0.4, 0.5) is 10.5 Å². The van der Waals surface area contributed by atoms with E-state index in [1.165, 1.54) is 0 Å². The lowest BCUT2D eigenvalue weighted by atomic mass is 9.96. The van der Waals surface area contributed by atoms with Crippen LogP contribution in [0.25, 0.3) is 27.6 Å². The first-order valence-electron chi connectivity index (χ1n) is 10.9. The third-order valence-corrected chi connectivity index (χ3v) is 6.68. The minimum atomic E-state index is -0.456. The van der Waals surface area contributed by atoms with Gasteiger partial charge in [0.15, 0.2) is 0 Å². The number of rotatable bonds is 4. The van der Waals surface area contributed by atoms with Crippen LogP contribution in [0.5, 0.6) is 0 Å². The molecule has 6 heteroatoms. The summed E-state index contributed by atoms with van der Waals surface area (Å²) in [5.41, 5.74) is 3.57. The average molecular weight is 467 g/mol. The Morgan fingerprint density at radius 1 is 0.882 bits per heavy atom. The third-order valence-electron chi connectivity index (χ3n) is 5.77. The highest BCUT2D eigenvalue weighted by Crippen LogP contribution is 2.36. The normalized spacial score (nSPS) is 15.0. The van der Waals surface area contributed by atoms with Gasteiger partial charge in [-0.1, -0.05) is 54.6 Å². The maximum absolute atomic E-state index is 13.1. The maximum atomic E-state index is 13.1. The van der Waals surface area contributed by atoms with Gasteiger partial charge < -0.3 is 5.32 Å². The topological polar surface area (TPSA) is 66.5 Å². The van der Waals surface area contributed by atoms with Crippen LogP contribution in [0.1, 0.15) is 16.7 Å². The van der Waals surface area contributed by atoms with Gasteiger partial charge in [0, 0.05) is 5.69 Å². The van der Waals surface area contributed by atoms with E-state index in [0.717, 1.165) is 54.9 Å². The van der Waals surface area contributed by atoms with Gasteiger partial charge in [-0.3, -0.25) is 19.3 Å². The van der Waals surface area contributed by atoms with Gasteiger partial charge in [-0.2, -0.15) is 0 Å². The molecule has 34 heavy (non-hydrogen) atoms. The molecule has 4 aromatic rings. The Balaban J connectivity index is 1.45. The minimum absolute atomic E-state index is 0.311. The first kappa shape index (κ1) is 21.9. The molecule has 0 aromatic heterocycles. The molecule has 0 aliphatic carbocycles. The molecule has 1 aliphatic rings. The molecule has 4 aromatic carbocycles. The molecule has 0 atom stereocenters. The van der Waals surface area contributed by atoms with Crippen LogP contribution < -0.4 is 5.32 Å². The summed E-state index contributed by atoms with van der Waals surface area (Å²) in [4.78, 5) is 39.7. The number of benzene rings is 4. The summed E-state index contributed by atoms with van der Waals surface area (Å²) in [6.45, 7) is 3.56. The third kappa shape index (κ3) is 4.20. The summed E-state index contributed by atoms with van der Waals surface area (Å²) in [5, 5.41) is 6.45. The molecule has 1 N–H and O–H groups in total. The van der Waals surface area contributed by atoms with E-state index in [2.05, 4.69) is 11.4 Å². The maximum Gasteiger partial charge on any atom is 0.294 e. The van der Waals surface area contributed by atoms with Crippen molar-refractivity contribution in [2.45, 2.75) is 13.8 Å². The van der Waals surface area contributed by atoms with Gasteiger partial charge in [0.2, 0.25) is 5.91 Å². The largest absolute Gasteiger partial charge is 0.325 e. The van der Waals surface area contributed by atoms with E-state index in [4.69, 9.17) is 0 Å². The summed E-state index contributed by atoms with van der Waals surface area (Å²) in [6.07, 6.45) is 1.78. The fourth-order valence-electron chi connectivity index (χ4n) is 4.36. The van der Waals surface area contributed by atoms with Crippen LogP contribution in [0.2, 0.25) is 0 Å². The Kier molecular flexibility index (Phi) is 5.67. The molecular formula is C28H22N2O3S. The summed E-state index contributed by atoms with van der Waals surface area (Å²) in [6, 6.07) is 23.8. The number of anilines is 1. The fourth-order valence-corrected chi connectivity index (χ4v) is 5.18. The van der Waals surface area contributed by atoms with E-state index in [0.29, 0.717) is 10.6 Å². The molecule has 1 aliphatic heterocycles. The number of aryl methyl sites for hydroxylation is 2. The Morgan fingerprint density at radius 2 is 1.47 bits per heavy atom. The molecule has 0 saturated carbocycles.